The van der Waals surface area contributed by atoms with Gasteiger partial charge in [0.25, 0.3) is 5.91 Å². The van der Waals surface area contributed by atoms with E-state index in [1.54, 1.807) is 24.3 Å². The first-order valence-corrected chi connectivity index (χ1v) is 11.0. The van der Waals surface area contributed by atoms with Crippen LogP contribution in [0.5, 0.6) is 11.5 Å². The second-order valence-corrected chi connectivity index (χ2v) is 8.55. The van der Waals surface area contributed by atoms with Crippen molar-refractivity contribution >= 4 is 33.2 Å². The third-order valence-electron chi connectivity index (χ3n) is 4.20. The Kier molecular flexibility index (Phi) is 5.40. The van der Waals surface area contributed by atoms with Gasteiger partial charge in [0.1, 0.15) is 13.2 Å². The first-order chi connectivity index (χ1) is 13.7. The lowest BCUT2D eigenvalue weighted by molar-refractivity contribution is 0.102. The minimum Gasteiger partial charge on any atom is -0.486 e. The molecule has 1 N–H and O–H groups in total. The normalized spacial score (nSPS) is 13.8. The van der Waals surface area contributed by atoms with Crippen LogP contribution in [-0.4, -0.2) is 34.1 Å². The highest BCUT2D eigenvalue weighted by Gasteiger charge is 2.17. The first-order valence-electron chi connectivity index (χ1n) is 8.80. The highest BCUT2D eigenvalue weighted by molar-refractivity contribution is 7.85. The Labute approximate surface area is 169 Å². The van der Waals surface area contributed by atoms with Gasteiger partial charge >= 0.3 is 0 Å². The number of rotatable bonds is 5. The largest absolute Gasteiger partial charge is 0.486 e. The maximum absolute atomic E-state index is 12.7. The van der Waals surface area contributed by atoms with Crippen LogP contribution >= 0.6 is 11.3 Å². The molecule has 28 heavy (non-hydrogen) atoms. The van der Waals surface area contributed by atoms with E-state index in [4.69, 9.17) is 9.47 Å². The van der Waals surface area contributed by atoms with Gasteiger partial charge in [-0.15, -0.1) is 11.3 Å². The topological polar surface area (TPSA) is 77.5 Å². The predicted molar refractivity (Wildman–Crippen MR) is 110 cm³/mol. The van der Waals surface area contributed by atoms with Crippen LogP contribution in [0.25, 0.3) is 11.3 Å². The molecule has 4 rings (SSSR count). The number of nitrogens with zero attached hydrogens (tertiary/aromatic N) is 1. The summed E-state index contributed by atoms with van der Waals surface area (Å²) in [5.74, 6) is 1.55. The molecule has 0 spiro atoms. The summed E-state index contributed by atoms with van der Waals surface area (Å²) >= 11 is 1.33. The molecule has 3 aromatic rings. The molecular formula is C20H18N2O4S2. The van der Waals surface area contributed by atoms with Gasteiger partial charge in [-0.1, -0.05) is 19.1 Å². The van der Waals surface area contributed by atoms with Crippen LogP contribution < -0.4 is 14.8 Å². The van der Waals surface area contributed by atoms with Gasteiger partial charge in [-0.3, -0.25) is 14.3 Å². The van der Waals surface area contributed by atoms with E-state index in [9.17, 15) is 9.00 Å². The van der Waals surface area contributed by atoms with Crippen molar-refractivity contribution in [2.24, 2.45) is 0 Å². The molecule has 2 heterocycles. The van der Waals surface area contributed by atoms with E-state index in [1.165, 1.54) is 11.3 Å². The molecule has 0 aliphatic carbocycles. The summed E-state index contributed by atoms with van der Waals surface area (Å²) in [7, 11) is -1.21. The molecule has 1 aliphatic rings. The Morgan fingerprint density at radius 1 is 1.18 bits per heavy atom. The maximum atomic E-state index is 12.7. The molecular weight excluding hydrogens is 396 g/mol. The van der Waals surface area contributed by atoms with Crippen molar-refractivity contribution < 1.29 is 18.5 Å². The summed E-state index contributed by atoms with van der Waals surface area (Å²) in [4.78, 5) is 17.7. The fraction of sp³-hybridized carbons (Fsp3) is 0.200. The van der Waals surface area contributed by atoms with Gasteiger partial charge in [-0.2, -0.15) is 0 Å². The molecule has 6 nitrogen and oxygen atoms in total. The molecule has 1 unspecified atom stereocenters. The Bertz CT molecular complexity index is 1050. The van der Waals surface area contributed by atoms with Crippen LogP contribution in [0.1, 0.15) is 17.3 Å². The van der Waals surface area contributed by atoms with Crippen LogP contribution in [0, 0.1) is 0 Å². The van der Waals surface area contributed by atoms with Crippen LogP contribution in [0.15, 0.2) is 52.7 Å². The number of fused-ring (bicyclic) bond motifs is 1. The second-order valence-electron chi connectivity index (χ2n) is 5.98. The van der Waals surface area contributed by atoms with Gasteiger partial charge in [0.05, 0.1) is 27.0 Å². The Hall–Kier alpha value is -2.71. The van der Waals surface area contributed by atoms with E-state index < -0.39 is 10.8 Å². The number of aromatic nitrogens is 1. The minimum atomic E-state index is -1.21. The lowest BCUT2D eigenvalue weighted by Gasteiger charge is -2.18. The van der Waals surface area contributed by atoms with E-state index >= 15 is 0 Å². The number of ether oxygens (including phenoxy) is 2. The monoisotopic (exact) mass is 414 g/mol. The van der Waals surface area contributed by atoms with Gasteiger partial charge in [0.15, 0.2) is 16.6 Å². The Morgan fingerprint density at radius 3 is 2.79 bits per heavy atom. The zero-order valence-corrected chi connectivity index (χ0v) is 16.8. The standard InChI is InChI=1S/C20H18N2O4S2/c1-2-28(24)18-6-4-3-5-14(18)19(23)22-20-21-15(12-27-20)13-7-8-16-17(11-13)26-10-9-25-16/h3-8,11-12H,2,9-10H2,1H3,(H,21,22,23). The Morgan fingerprint density at radius 2 is 1.96 bits per heavy atom. The summed E-state index contributed by atoms with van der Waals surface area (Å²) in [5, 5.41) is 5.16. The van der Waals surface area contributed by atoms with Gasteiger partial charge in [-0.25, -0.2) is 4.98 Å². The molecule has 8 heteroatoms. The third kappa shape index (κ3) is 3.79. The molecule has 0 saturated carbocycles. The van der Waals surface area contributed by atoms with Gasteiger partial charge in [-0.05, 0) is 30.3 Å². The lowest BCUT2D eigenvalue weighted by atomic mass is 10.1. The summed E-state index contributed by atoms with van der Waals surface area (Å²) < 4.78 is 23.3. The van der Waals surface area contributed by atoms with Gasteiger partial charge < -0.3 is 9.47 Å². The number of nitrogens with one attached hydrogen (secondary N) is 1. The van der Waals surface area contributed by atoms with E-state index in [-0.39, 0.29) is 5.91 Å². The average molecular weight is 415 g/mol. The van der Waals surface area contributed by atoms with Crippen molar-refractivity contribution in [3.8, 4) is 22.8 Å². The van der Waals surface area contributed by atoms with Crippen molar-refractivity contribution in [3.63, 3.8) is 0 Å². The number of amides is 1. The number of carbonyl (C=O) groups excluding carboxylic acids is 1. The minimum absolute atomic E-state index is 0.319. The summed E-state index contributed by atoms with van der Waals surface area (Å²) in [6, 6.07) is 12.6. The van der Waals surface area contributed by atoms with Crippen molar-refractivity contribution in [1.82, 2.24) is 4.98 Å². The number of hydrogen-bond donors (Lipinski definition) is 1. The zero-order chi connectivity index (χ0) is 19.5. The second kappa shape index (κ2) is 8.12. The molecule has 0 bridgehead atoms. The van der Waals surface area contributed by atoms with Crippen LogP contribution in [0.2, 0.25) is 0 Å². The van der Waals surface area contributed by atoms with E-state index in [0.717, 1.165) is 17.0 Å². The number of carbonyl (C=O) groups is 1. The van der Waals surface area contributed by atoms with Gasteiger partial charge in [0.2, 0.25) is 0 Å². The Balaban J connectivity index is 1.54. The number of benzene rings is 2. The quantitative estimate of drug-likeness (QED) is 0.684. The molecule has 144 valence electrons. The lowest BCUT2D eigenvalue weighted by Crippen LogP contribution is -2.15. The molecule has 1 amide bonds. The molecule has 1 aromatic heterocycles. The summed E-state index contributed by atoms with van der Waals surface area (Å²) in [5.41, 5.74) is 2.02. The fourth-order valence-corrected chi connectivity index (χ4v) is 4.50. The zero-order valence-electron chi connectivity index (χ0n) is 15.1. The number of anilines is 1. The van der Waals surface area contributed by atoms with Crippen molar-refractivity contribution in [1.29, 1.82) is 0 Å². The molecule has 1 atom stereocenters. The molecule has 2 aromatic carbocycles. The van der Waals surface area contributed by atoms with Crippen LogP contribution in [0.4, 0.5) is 5.13 Å². The van der Waals surface area contributed by atoms with Crippen molar-refractivity contribution in [2.45, 2.75) is 11.8 Å². The molecule has 0 fully saturated rings. The number of hydrogen-bond acceptors (Lipinski definition) is 6. The fourth-order valence-electron chi connectivity index (χ4n) is 2.84. The third-order valence-corrected chi connectivity index (χ3v) is 6.33. The predicted octanol–water partition coefficient (Wildman–Crippen LogP) is 3.96. The van der Waals surface area contributed by atoms with Crippen molar-refractivity contribution in [2.75, 3.05) is 24.3 Å². The highest BCUT2D eigenvalue weighted by atomic mass is 32.2. The highest BCUT2D eigenvalue weighted by Crippen LogP contribution is 2.35. The van der Waals surface area contributed by atoms with Crippen molar-refractivity contribution in [3.05, 3.63) is 53.4 Å². The molecule has 0 radical (unpaired) electrons. The first kappa shape index (κ1) is 18.6. The average Bonchev–Trinajstić information content (AvgIpc) is 3.21. The van der Waals surface area contributed by atoms with Gasteiger partial charge in [0, 0.05) is 16.7 Å². The molecule has 1 aliphatic heterocycles. The van der Waals surface area contributed by atoms with Crippen LogP contribution in [0.3, 0.4) is 0 Å². The summed E-state index contributed by atoms with van der Waals surface area (Å²) in [6.07, 6.45) is 0. The molecule has 0 saturated heterocycles. The van der Waals surface area contributed by atoms with E-state index in [0.29, 0.717) is 40.3 Å². The smallest absolute Gasteiger partial charge is 0.258 e. The maximum Gasteiger partial charge on any atom is 0.258 e. The summed E-state index contributed by atoms with van der Waals surface area (Å²) in [6.45, 7) is 2.89. The van der Waals surface area contributed by atoms with Crippen LogP contribution in [-0.2, 0) is 10.8 Å². The van der Waals surface area contributed by atoms with E-state index in [2.05, 4.69) is 10.3 Å². The SMILES string of the molecule is CCS(=O)c1ccccc1C(=O)Nc1nc(-c2ccc3c(c2)OCCO3)cs1. The van der Waals surface area contributed by atoms with E-state index in [1.807, 2.05) is 30.5 Å². The number of thiazole rings is 1.